The van der Waals surface area contributed by atoms with Crippen LogP contribution < -0.4 is 31.3 Å². The van der Waals surface area contributed by atoms with E-state index in [2.05, 4.69) is 31.6 Å². The Balaban J connectivity index is 0.766. The largest absolute Gasteiger partial charge is 0.508 e. The molecule has 21 heteroatoms. The maximum absolute atomic E-state index is 13.9. The molecule has 18 nitrogen and oxygen atoms in total. The van der Waals surface area contributed by atoms with E-state index in [9.17, 15) is 48.2 Å². The van der Waals surface area contributed by atoms with Crippen LogP contribution >= 0.6 is 12.2 Å². The summed E-state index contributed by atoms with van der Waals surface area (Å²) >= 11 is 5.62. The van der Waals surface area contributed by atoms with Crippen LogP contribution in [0.15, 0.2) is 85.1 Å². The molecule has 1 saturated heterocycles. The fourth-order valence-electron chi connectivity index (χ4n) is 8.87. The van der Waals surface area contributed by atoms with Crippen molar-refractivity contribution >= 4 is 69.2 Å². The lowest BCUT2D eigenvalue weighted by molar-refractivity contribution is -0.131. The Kier molecular flexibility index (Phi) is 14.3. The van der Waals surface area contributed by atoms with Gasteiger partial charge in [0.15, 0.2) is 10.7 Å². The van der Waals surface area contributed by atoms with Crippen LogP contribution in [0.3, 0.4) is 0 Å². The Hall–Kier alpha value is -7.96. The number of carbonyl (C=O) groups excluding carboxylic acids is 5. The first kappa shape index (κ1) is 51.4. The standard InChI is InChI=1S/C52H52F2N8O10S/c1-49(2,24-58-42(65)14-15-43(66)61-39-7-5-6-33-34(16-17-56-45(33)39)46(68)57-23-44(67)62-26-51(53,54)21-30(62)22-55)27-70-28-50(3,4)25-59-48(73)60-29-8-11-36-35(18-29)47(69)72-52(36)37-12-9-31(63)19-40(37)71-41-20-32(64)10-13-38(41)52/h5-13,16-20,30,63-64H,14-15,21,23-28H2,1-4H3,(H,57,68)(H,58,65)(H,61,66)(H2,59,60,73)/t30-/m0/s1. The quantitative estimate of drug-likeness (QED) is 0.0406. The summed E-state index contributed by atoms with van der Waals surface area (Å²) in [5, 5.41) is 44.7. The van der Waals surface area contributed by atoms with Gasteiger partial charge in [-0.25, -0.2) is 13.6 Å². The number of nitrogens with zero attached hydrogens (tertiary/aromatic N) is 3. The summed E-state index contributed by atoms with van der Waals surface area (Å²) in [6.07, 6.45) is 0.302. The van der Waals surface area contributed by atoms with Gasteiger partial charge in [-0.3, -0.25) is 24.2 Å². The minimum atomic E-state index is -3.20. The molecule has 0 unspecified atom stereocenters. The summed E-state index contributed by atoms with van der Waals surface area (Å²) in [4.78, 5) is 70.3. The number of pyridine rings is 1. The molecule has 7 N–H and O–H groups in total. The van der Waals surface area contributed by atoms with Gasteiger partial charge in [-0.05, 0) is 60.7 Å². The highest BCUT2D eigenvalue weighted by molar-refractivity contribution is 7.80. The lowest BCUT2D eigenvalue weighted by Crippen LogP contribution is -2.43. The van der Waals surface area contributed by atoms with E-state index in [1.54, 1.807) is 54.6 Å². The molecule has 4 heterocycles. The van der Waals surface area contributed by atoms with Gasteiger partial charge in [0.1, 0.15) is 29.0 Å². The number of aromatic nitrogens is 1. The van der Waals surface area contributed by atoms with Crippen LogP contribution in [0.2, 0.25) is 0 Å². The van der Waals surface area contributed by atoms with Crippen LogP contribution in [0, 0.1) is 22.2 Å². The Labute approximate surface area is 423 Å². The zero-order valence-corrected chi connectivity index (χ0v) is 41.0. The van der Waals surface area contributed by atoms with Crippen LogP contribution in [0.4, 0.5) is 20.2 Å². The highest BCUT2D eigenvalue weighted by Gasteiger charge is 2.54. The summed E-state index contributed by atoms with van der Waals surface area (Å²) in [6, 6.07) is 20.9. The number of anilines is 2. The highest BCUT2D eigenvalue weighted by Crippen LogP contribution is 2.57. The lowest BCUT2D eigenvalue weighted by atomic mass is 9.77. The number of likely N-dealkylation sites (tertiary alicyclic amines) is 1. The zero-order valence-electron chi connectivity index (χ0n) is 40.2. The van der Waals surface area contributed by atoms with E-state index >= 15 is 0 Å². The van der Waals surface area contributed by atoms with Crippen molar-refractivity contribution in [2.75, 3.05) is 50.0 Å². The number of nitrogens with one attached hydrogen (secondary N) is 5. The molecule has 0 saturated carbocycles. The Morgan fingerprint density at radius 2 is 1.51 bits per heavy atom. The number of phenols is 2. The van der Waals surface area contributed by atoms with Crippen molar-refractivity contribution < 1.29 is 57.2 Å². The van der Waals surface area contributed by atoms with Crippen molar-refractivity contribution in [3.63, 3.8) is 0 Å². The van der Waals surface area contributed by atoms with Crippen molar-refractivity contribution in [3.8, 4) is 29.1 Å². The molecule has 1 fully saturated rings. The van der Waals surface area contributed by atoms with Gasteiger partial charge in [0.25, 0.3) is 11.8 Å². The minimum Gasteiger partial charge on any atom is -0.508 e. The number of aromatic hydroxyl groups is 2. The number of benzene rings is 4. The van der Waals surface area contributed by atoms with Crippen molar-refractivity contribution in [1.29, 1.82) is 5.26 Å². The number of amides is 4. The van der Waals surface area contributed by atoms with E-state index in [4.69, 9.17) is 26.4 Å². The topological polar surface area (TPSA) is 254 Å². The number of alkyl halides is 2. The number of para-hydroxylation sites is 1. The van der Waals surface area contributed by atoms with E-state index in [1.807, 2.05) is 27.7 Å². The van der Waals surface area contributed by atoms with Gasteiger partial charge >= 0.3 is 5.97 Å². The molecule has 0 aliphatic carbocycles. The molecule has 1 spiro atoms. The number of nitriles is 1. The molecule has 8 rings (SSSR count). The average molecular weight is 1020 g/mol. The fraction of sp³-hybridized carbons (Fsp3) is 0.346. The third-order valence-electron chi connectivity index (χ3n) is 12.5. The third kappa shape index (κ3) is 11.2. The maximum Gasteiger partial charge on any atom is 0.340 e. The molecular formula is C52H52F2N8O10S. The van der Waals surface area contributed by atoms with Gasteiger partial charge in [0, 0.05) is 89.3 Å². The summed E-state index contributed by atoms with van der Waals surface area (Å²) in [7, 11) is 0. The molecule has 380 valence electrons. The van der Waals surface area contributed by atoms with Crippen LogP contribution in [-0.4, -0.2) is 106 Å². The number of esters is 1. The molecule has 1 aromatic heterocycles. The molecular weight excluding hydrogens is 967 g/mol. The molecule has 4 amide bonds. The normalized spacial score (nSPS) is 16.0. The Morgan fingerprint density at radius 1 is 0.863 bits per heavy atom. The monoisotopic (exact) mass is 1020 g/mol. The molecule has 0 radical (unpaired) electrons. The number of hydrogen-bond donors (Lipinski definition) is 7. The molecule has 73 heavy (non-hydrogen) atoms. The van der Waals surface area contributed by atoms with E-state index < -0.39 is 71.6 Å². The summed E-state index contributed by atoms with van der Waals surface area (Å²) < 4.78 is 46.0. The molecule has 3 aliphatic rings. The van der Waals surface area contributed by atoms with Crippen LogP contribution in [-0.2, 0) is 29.5 Å². The van der Waals surface area contributed by atoms with Crippen LogP contribution in [0.25, 0.3) is 10.9 Å². The van der Waals surface area contributed by atoms with Crippen LogP contribution in [0.5, 0.6) is 23.0 Å². The number of phenolic OH excluding ortho intramolecular Hbond substituents is 2. The molecule has 4 aromatic carbocycles. The number of rotatable bonds is 16. The molecule has 3 aliphatic heterocycles. The van der Waals surface area contributed by atoms with Gasteiger partial charge in [-0.2, -0.15) is 5.26 Å². The maximum atomic E-state index is 13.9. The number of fused-ring (bicyclic) bond motifs is 7. The van der Waals surface area contributed by atoms with Gasteiger partial charge in [-0.15, -0.1) is 0 Å². The molecule has 5 aromatic rings. The van der Waals surface area contributed by atoms with Crippen molar-refractivity contribution in [2.45, 2.75) is 64.5 Å². The number of carbonyl (C=O) groups is 5. The number of halogens is 2. The fourth-order valence-corrected chi connectivity index (χ4v) is 9.06. The summed E-state index contributed by atoms with van der Waals surface area (Å²) in [5.74, 6) is -5.63. The summed E-state index contributed by atoms with van der Waals surface area (Å²) in [5.41, 5.74) is 0.825. The highest BCUT2D eigenvalue weighted by atomic mass is 32.1. The van der Waals surface area contributed by atoms with E-state index in [-0.39, 0.29) is 65.1 Å². The van der Waals surface area contributed by atoms with Gasteiger partial charge < -0.3 is 55.9 Å². The van der Waals surface area contributed by atoms with E-state index in [0.29, 0.717) is 58.2 Å². The second-order valence-corrected chi connectivity index (χ2v) is 20.1. The SMILES string of the molecule is CC(C)(CNC(=O)CCC(=O)Nc1cccc2c(C(=O)NCC(=O)N3CC(F)(F)C[C@H]3C#N)ccnc12)COCC(C)(C)CNC(=S)Nc1ccc2c(c1)C(=O)OC21c2ccc(O)cc2Oc2cc(O)ccc21. The molecule has 1 atom stereocenters. The Morgan fingerprint density at radius 3 is 2.18 bits per heavy atom. The van der Waals surface area contributed by atoms with Gasteiger partial charge in [0.05, 0.1) is 54.7 Å². The first-order valence-electron chi connectivity index (χ1n) is 23.2. The second-order valence-electron chi connectivity index (χ2n) is 19.7. The predicted octanol–water partition coefficient (Wildman–Crippen LogP) is 6.59. The lowest BCUT2D eigenvalue weighted by Gasteiger charge is -2.36. The van der Waals surface area contributed by atoms with Crippen molar-refractivity contribution in [1.82, 2.24) is 25.8 Å². The minimum absolute atomic E-state index is 0.0420. The predicted molar refractivity (Wildman–Crippen MR) is 266 cm³/mol. The van der Waals surface area contributed by atoms with Crippen molar-refractivity contribution in [2.24, 2.45) is 10.8 Å². The van der Waals surface area contributed by atoms with Gasteiger partial charge in [-0.1, -0.05) is 45.9 Å². The third-order valence-corrected chi connectivity index (χ3v) is 12.8. The van der Waals surface area contributed by atoms with Crippen molar-refractivity contribution in [3.05, 3.63) is 113 Å². The van der Waals surface area contributed by atoms with E-state index in [0.717, 1.165) is 4.90 Å². The number of hydrogen-bond acceptors (Lipinski definition) is 13. The first-order valence-corrected chi connectivity index (χ1v) is 23.6. The number of ether oxygens (including phenoxy) is 3. The smallest absolute Gasteiger partial charge is 0.340 e. The molecule has 0 bridgehead atoms. The zero-order chi connectivity index (χ0) is 52.5. The second kappa shape index (κ2) is 20.3. The number of thiocarbonyl (C=S) groups is 1. The Bertz CT molecular complexity index is 3060. The first-order chi connectivity index (χ1) is 34.6. The summed E-state index contributed by atoms with van der Waals surface area (Å²) in [6.45, 7) is 7.70. The van der Waals surface area contributed by atoms with Gasteiger partial charge in [0.2, 0.25) is 17.7 Å². The average Bonchev–Trinajstić information content (AvgIpc) is 3.82. The van der Waals surface area contributed by atoms with Crippen LogP contribution in [0.1, 0.15) is 84.4 Å². The van der Waals surface area contributed by atoms with E-state index in [1.165, 1.54) is 36.5 Å².